The summed E-state index contributed by atoms with van der Waals surface area (Å²) in [4.78, 5) is 30.8. The average molecular weight is 263 g/mol. The van der Waals surface area contributed by atoms with Gasteiger partial charge >= 0.3 is 5.97 Å². The smallest absolute Gasteiger partial charge is 0.354 e. The number of aromatic carboxylic acids is 1. The van der Waals surface area contributed by atoms with Crippen LogP contribution in [0.3, 0.4) is 0 Å². The van der Waals surface area contributed by atoms with Crippen LogP contribution in [0.15, 0.2) is 18.3 Å². The number of carbonyl (C=O) groups excluding carboxylic acids is 1. The molecule has 2 rings (SSSR count). The van der Waals surface area contributed by atoms with Crippen LogP contribution in [0, 0.1) is 0 Å². The maximum atomic E-state index is 12.3. The first-order valence-corrected chi connectivity index (χ1v) is 6.18. The molecule has 1 aliphatic heterocycles. The molecule has 1 aromatic rings. The second kappa shape index (κ2) is 5.36. The first kappa shape index (κ1) is 13.5. The third-order valence-corrected chi connectivity index (χ3v) is 3.47. The fourth-order valence-electron chi connectivity index (χ4n) is 2.10. The minimum atomic E-state index is -1.12. The summed E-state index contributed by atoms with van der Waals surface area (Å²) in [5.74, 6) is -1.26. The summed E-state index contributed by atoms with van der Waals surface area (Å²) < 4.78 is 0. The lowest BCUT2D eigenvalue weighted by atomic mass is 10.1. The molecule has 102 valence electrons. The van der Waals surface area contributed by atoms with Gasteiger partial charge in [-0.2, -0.15) is 0 Å². The van der Waals surface area contributed by atoms with Crippen molar-refractivity contribution < 1.29 is 14.7 Å². The van der Waals surface area contributed by atoms with E-state index >= 15 is 0 Å². The number of likely N-dealkylation sites (N-methyl/N-ethyl adjacent to an activating group) is 1. The fourth-order valence-corrected chi connectivity index (χ4v) is 2.10. The van der Waals surface area contributed by atoms with Crippen LogP contribution in [-0.2, 0) is 0 Å². The van der Waals surface area contributed by atoms with E-state index in [4.69, 9.17) is 5.11 Å². The largest absolute Gasteiger partial charge is 0.477 e. The predicted octanol–water partition coefficient (Wildman–Crippen LogP) is 0.556. The SMILES string of the molecule is CC1CN(C(=O)c2ccnc(C(=O)O)c2)CCN1C. The number of carbonyl (C=O) groups is 2. The monoisotopic (exact) mass is 263 g/mol. The van der Waals surface area contributed by atoms with Gasteiger partial charge in [-0.25, -0.2) is 9.78 Å². The molecule has 6 heteroatoms. The van der Waals surface area contributed by atoms with Crippen LogP contribution in [0.4, 0.5) is 0 Å². The van der Waals surface area contributed by atoms with Crippen LogP contribution >= 0.6 is 0 Å². The van der Waals surface area contributed by atoms with E-state index in [2.05, 4.69) is 16.8 Å². The van der Waals surface area contributed by atoms with Gasteiger partial charge in [-0.3, -0.25) is 4.79 Å². The number of pyridine rings is 1. The molecule has 1 aliphatic rings. The zero-order chi connectivity index (χ0) is 14.0. The minimum Gasteiger partial charge on any atom is -0.477 e. The molecule has 0 bridgehead atoms. The highest BCUT2D eigenvalue weighted by Crippen LogP contribution is 2.12. The first-order chi connectivity index (χ1) is 8.99. The summed E-state index contributed by atoms with van der Waals surface area (Å²) in [7, 11) is 2.03. The predicted molar refractivity (Wildman–Crippen MR) is 69.2 cm³/mol. The minimum absolute atomic E-state index is 0.104. The number of aromatic nitrogens is 1. The summed E-state index contributed by atoms with van der Waals surface area (Å²) in [5, 5.41) is 8.88. The molecule has 1 fully saturated rings. The van der Waals surface area contributed by atoms with E-state index in [0.29, 0.717) is 24.7 Å². The van der Waals surface area contributed by atoms with E-state index in [9.17, 15) is 9.59 Å². The van der Waals surface area contributed by atoms with E-state index < -0.39 is 5.97 Å². The van der Waals surface area contributed by atoms with Crippen molar-refractivity contribution >= 4 is 11.9 Å². The number of nitrogens with zero attached hydrogens (tertiary/aromatic N) is 3. The lowest BCUT2D eigenvalue weighted by Crippen LogP contribution is -2.52. The normalized spacial score (nSPS) is 20.3. The van der Waals surface area contributed by atoms with Crippen LogP contribution < -0.4 is 0 Å². The lowest BCUT2D eigenvalue weighted by molar-refractivity contribution is 0.0572. The Morgan fingerprint density at radius 2 is 2.16 bits per heavy atom. The molecule has 6 nitrogen and oxygen atoms in total. The molecule has 1 amide bonds. The van der Waals surface area contributed by atoms with Crippen molar-refractivity contribution in [3.63, 3.8) is 0 Å². The second-order valence-electron chi connectivity index (χ2n) is 4.82. The summed E-state index contributed by atoms with van der Waals surface area (Å²) in [6.07, 6.45) is 1.36. The van der Waals surface area contributed by atoms with Gasteiger partial charge in [0.25, 0.3) is 5.91 Å². The van der Waals surface area contributed by atoms with Gasteiger partial charge in [0, 0.05) is 37.4 Å². The summed E-state index contributed by atoms with van der Waals surface area (Å²) in [6.45, 7) is 4.20. The number of hydrogen-bond donors (Lipinski definition) is 1. The fraction of sp³-hybridized carbons (Fsp3) is 0.462. The molecule has 2 heterocycles. The number of piperazine rings is 1. The second-order valence-corrected chi connectivity index (χ2v) is 4.82. The van der Waals surface area contributed by atoms with Crippen molar-refractivity contribution in [3.05, 3.63) is 29.6 Å². The molecule has 1 saturated heterocycles. The average Bonchev–Trinajstić information content (AvgIpc) is 2.41. The van der Waals surface area contributed by atoms with Crippen molar-refractivity contribution in [3.8, 4) is 0 Å². The Kier molecular flexibility index (Phi) is 3.80. The molecule has 0 spiro atoms. The third-order valence-electron chi connectivity index (χ3n) is 3.47. The lowest BCUT2D eigenvalue weighted by Gasteiger charge is -2.37. The van der Waals surface area contributed by atoms with Gasteiger partial charge in [0.1, 0.15) is 5.69 Å². The zero-order valence-electron chi connectivity index (χ0n) is 11.0. The summed E-state index contributed by atoms with van der Waals surface area (Å²) in [5.41, 5.74) is 0.275. The van der Waals surface area contributed by atoms with E-state index in [1.807, 2.05) is 7.05 Å². The maximum absolute atomic E-state index is 12.3. The number of hydrogen-bond acceptors (Lipinski definition) is 4. The number of carboxylic acid groups (broad SMARTS) is 1. The molecule has 1 atom stereocenters. The van der Waals surface area contributed by atoms with Gasteiger partial charge in [-0.1, -0.05) is 0 Å². The van der Waals surface area contributed by atoms with E-state index in [1.165, 1.54) is 12.3 Å². The Morgan fingerprint density at radius 1 is 1.42 bits per heavy atom. The Bertz CT molecular complexity index is 504. The molecule has 1 N–H and O–H groups in total. The molecule has 19 heavy (non-hydrogen) atoms. The quantitative estimate of drug-likeness (QED) is 0.843. The van der Waals surface area contributed by atoms with Crippen molar-refractivity contribution in [2.24, 2.45) is 0 Å². The molecule has 0 aliphatic carbocycles. The van der Waals surface area contributed by atoms with Crippen LogP contribution in [0.2, 0.25) is 0 Å². The van der Waals surface area contributed by atoms with E-state index in [0.717, 1.165) is 6.54 Å². The highest BCUT2D eigenvalue weighted by Gasteiger charge is 2.25. The van der Waals surface area contributed by atoms with Gasteiger partial charge < -0.3 is 14.9 Å². The van der Waals surface area contributed by atoms with E-state index in [1.54, 1.807) is 11.0 Å². The molecule has 0 aromatic carbocycles. The third kappa shape index (κ3) is 2.90. The van der Waals surface area contributed by atoms with Crippen LogP contribution in [0.25, 0.3) is 0 Å². The van der Waals surface area contributed by atoms with Crippen molar-refractivity contribution in [2.75, 3.05) is 26.7 Å². The van der Waals surface area contributed by atoms with Crippen molar-refractivity contribution in [1.29, 1.82) is 0 Å². The van der Waals surface area contributed by atoms with Gasteiger partial charge in [0.05, 0.1) is 0 Å². The molecule has 1 unspecified atom stereocenters. The molecule has 0 saturated carbocycles. The van der Waals surface area contributed by atoms with Gasteiger partial charge in [-0.05, 0) is 26.1 Å². The molecular weight excluding hydrogens is 246 g/mol. The number of carboxylic acids is 1. The zero-order valence-corrected chi connectivity index (χ0v) is 11.0. The maximum Gasteiger partial charge on any atom is 0.354 e. The van der Waals surface area contributed by atoms with E-state index in [-0.39, 0.29) is 11.6 Å². The van der Waals surface area contributed by atoms with Crippen LogP contribution in [0.5, 0.6) is 0 Å². The highest BCUT2D eigenvalue weighted by molar-refractivity contribution is 5.96. The van der Waals surface area contributed by atoms with Gasteiger partial charge in [-0.15, -0.1) is 0 Å². The Morgan fingerprint density at radius 3 is 2.79 bits per heavy atom. The van der Waals surface area contributed by atoms with Gasteiger partial charge in [0.15, 0.2) is 0 Å². The van der Waals surface area contributed by atoms with Crippen molar-refractivity contribution in [2.45, 2.75) is 13.0 Å². The van der Waals surface area contributed by atoms with Crippen LogP contribution in [0.1, 0.15) is 27.8 Å². The number of rotatable bonds is 2. The van der Waals surface area contributed by atoms with Gasteiger partial charge in [0.2, 0.25) is 0 Å². The molecular formula is C13H17N3O3. The first-order valence-electron chi connectivity index (χ1n) is 6.18. The molecule has 1 aromatic heterocycles. The van der Waals surface area contributed by atoms with Crippen LogP contribution in [-0.4, -0.2) is 64.5 Å². The summed E-state index contributed by atoms with van der Waals surface area (Å²) in [6, 6.07) is 3.18. The Hall–Kier alpha value is -1.95. The standard InChI is InChI=1S/C13H17N3O3/c1-9-8-16(6-5-15(9)2)12(17)10-3-4-14-11(7-10)13(18)19/h3-4,7,9H,5-6,8H2,1-2H3,(H,18,19). The topological polar surface area (TPSA) is 73.7 Å². The Balaban J connectivity index is 2.16. The Labute approximate surface area is 111 Å². The number of amides is 1. The molecule has 0 radical (unpaired) electrons. The highest BCUT2D eigenvalue weighted by atomic mass is 16.4. The van der Waals surface area contributed by atoms with Crippen molar-refractivity contribution in [1.82, 2.24) is 14.8 Å². The summed E-state index contributed by atoms with van der Waals surface area (Å²) >= 11 is 0.